The van der Waals surface area contributed by atoms with Crippen molar-refractivity contribution >= 4 is 16.9 Å². The van der Waals surface area contributed by atoms with Gasteiger partial charge in [-0.2, -0.15) is 0 Å². The fourth-order valence-electron chi connectivity index (χ4n) is 3.53. The first kappa shape index (κ1) is 16.6. The Balaban J connectivity index is 1.53. The van der Waals surface area contributed by atoms with Gasteiger partial charge in [0.05, 0.1) is 30.6 Å². The zero-order chi connectivity index (χ0) is 18.1. The number of hydrogen-bond acceptors (Lipinski definition) is 3. The van der Waals surface area contributed by atoms with Gasteiger partial charge in [0.15, 0.2) is 0 Å². The number of carbonyl (C=O) groups is 1. The number of likely N-dealkylation sites (tertiary alicyclic amines) is 1. The number of ether oxygens (including phenoxy) is 1. The first-order valence-corrected chi connectivity index (χ1v) is 8.71. The molecule has 1 aromatic heterocycles. The summed E-state index contributed by atoms with van der Waals surface area (Å²) in [6.07, 6.45) is 2.14. The number of carbonyl (C=O) groups excluding carboxylic acids is 1. The molecular weight excluding hydrogens is 333 g/mol. The number of nitrogens with zero attached hydrogens (tertiary/aromatic N) is 2. The van der Waals surface area contributed by atoms with Gasteiger partial charge in [-0.05, 0) is 48.7 Å². The Morgan fingerprint density at radius 1 is 1.31 bits per heavy atom. The fraction of sp³-hybridized carbons (Fsp3) is 0.300. The van der Waals surface area contributed by atoms with Crippen molar-refractivity contribution in [3.05, 3.63) is 59.7 Å². The van der Waals surface area contributed by atoms with Gasteiger partial charge in [0, 0.05) is 6.54 Å². The van der Waals surface area contributed by atoms with Crippen LogP contribution in [0.4, 0.5) is 4.39 Å². The largest absolute Gasteiger partial charge is 0.497 e. The molecule has 0 spiro atoms. The van der Waals surface area contributed by atoms with Crippen LogP contribution in [0.5, 0.6) is 5.75 Å². The number of aromatic nitrogens is 2. The van der Waals surface area contributed by atoms with Crippen molar-refractivity contribution in [3.8, 4) is 5.75 Å². The molecule has 0 aliphatic carbocycles. The lowest BCUT2D eigenvalue weighted by Crippen LogP contribution is -2.32. The van der Waals surface area contributed by atoms with Crippen LogP contribution in [0, 0.1) is 5.82 Å². The van der Waals surface area contributed by atoms with Crippen LogP contribution < -0.4 is 4.74 Å². The van der Waals surface area contributed by atoms with Crippen molar-refractivity contribution in [3.63, 3.8) is 0 Å². The Kier molecular flexibility index (Phi) is 4.32. The van der Waals surface area contributed by atoms with E-state index in [1.165, 1.54) is 12.1 Å². The third kappa shape index (κ3) is 3.14. The molecule has 4 rings (SSSR count). The van der Waals surface area contributed by atoms with Crippen LogP contribution in [0.15, 0.2) is 42.5 Å². The van der Waals surface area contributed by atoms with Crippen molar-refractivity contribution in [2.75, 3.05) is 13.7 Å². The van der Waals surface area contributed by atoms with E-state index in [4.69, 9.17) is 4.74 Å². The van der Waals surface area contributed by atoms with E-state index in [-0.39, 0.29) is 17.8 Å². The van der Waals surface area contributed by atoms with Gasteiger partial charge in [-0.15, -0.1) is 0 Å². The molecule has 0 saturated carbocycles. The molecule has 0 unspecified atom stereocenters. The summed E-state index contributed by atoms with van der Waals surface area (Å²) < 4.78 is 18.6. The lowest BCUT2D eigenvalue weighted by Gasteiger charge is -2.23. The highest BCUT2D eigenvalue weighted by Crippen LogP contribution is 2.32. The van der Waals surface area contributed by atoms with Crippen molar-refractivity contribution in [1.29, 1.82) is 0 Å². The molecule has 134 valence electrons. The smallest absolute Gasteiger partial charge is 0.227 e. The molecule has 3 aromatic rings. The summed E-state index contributed by atoms with van der Waals surface area (Å²) in [5.41, 5.74) is 2.33. The number of rotatable bonds is 4. The number of aromatic amines is 1. The average molecular weight is 353 g/mol. The predicted molar refractivity (Wildman–Crippen MR) is 96.4 cm³/mol. The summed E-state index contributed by atoms with van der Waals surface area (Å²) in [5, 5.41) is 0. The summed E-state index contributed by atoms with van der Waals surface area (Å²) in [7, 11) is 1.62. The minimum atomic E-state index is -0.299. The SMILES string of the molecule is COc1ccc(CC(=O)N2CCC[C@@H]2c2nc3ccc(F)cc3[nH]2)cc1. The second-order valence-corrected chi connectivity index (χ2v) is 6.55. The Hall–Kier alpha value is -2.89. The maximum absolute atomic E-state index is 13.4. The molecule has 5 nitrogen and oxygen atoms in total. The number of hydrogen-bond donors (Lipinski definition) is 1. The van der Waals surface area contributed by atoms with E-state index in [1.54, 1.807) is 13.2 Å². The van der Waals surface area contributed by atoms with E-state index in [0.717, 1.165) is 35.5 Å². The molecular formula is C20H20FN3O2. The van der Waals surface area contributed by atoms with Gasteiger partial charge < -0.3 is 14.6 Å². The summed E-state index contributed by atoms with van der Waals surface area (Å²) in [6, 6.07) is 11.9. The summed E-state index contributed by atoms with van der Waals surface area (Å²) in [4.78, 5) is 22.4. The maximum Gasteiger partial charge on any atom is 0.227 e. The van der Waals surface area contributed by atoms with Crippen molar-refractivity contribution in [2.45, 2.75) is 25.3 Å². The molecule has 1 N–H and O–H groups in total. The summed E-state index contributed by atoms with van der Waals surface area (Å²) >= 11 is 0. The number of halogens is 1. The maximum atomic E-state index is 13.4. The first-order chi connectivity index (χ1) is 12.6. The molecule has 2 aromatic carbocycles. The highest BCUT2D eigenvalue weighted by Gasteiger charge is 2.32. The fourth-order valence-corrected chi connectivity index (χ4v) is 3.53. The molecule has 1 fully saturated rings. The van der Waals surface area contributed by atoms with E-state index in [2.05, 4.69) is 9.97 Å². The second-order valence-electron chi connectivity index (χ2n) is 6.55. The number of benzene rings is 2. The number of amides is 1. The predicted octanol–water partition coefficient (Wildman–Crippen LogP) is 3.62. The number of H-pyrrole nitrogens is 1. The van der Waals surface area contributed by atoms with Crippen LogP contribution in [0.1, 0.15) is 30.3 Å². The molecule has 1 atom stereocenters. The second kappa shape index (κ2) is 6.78. The van der Waals surface area contributed by atoms with E-state index < -0.39 is 0 Å². The standard InChI is InChI=1S/C20H20FN3O2/c1-26-15-7-4-13(5-8-15)11-19(25)24-10-2-3-18(24)20-22-16-9-6-14(21)12-17(16)23-20/h4-9,12,18H,2-3,10-11H2,1H3,(H,22,23)/t18-/m1/s1. The molecule has 2 heterocycles. The van der Waals surface area contributed by atoms with E-state index in [0.29, 0.717) is 18.5 Å². The number of methoxy groups -OCH3 is 1. The third-order valence-electron chi connectivity index (χ3n) is 4.87. The molecule has 1 amide bonds. The van der Waals surface area contributed by atoms with E-state index in [9.17, 15) is 9.18 Å². The van der Waals surface area contributed by atoms with Gasteiger partial charge in [-0.25, -0.2) is 9.37 Å². The van der Waals surface area contributed by atoms with Gasteiger partial charge in [-0.1, -0.05) is 12.1 Å². The minimum absolute atomic E-state index is 0.0734. The first-order valence-electron chi connectivity index (χ1n) is 8.71. The highest BCUT2D eigenvalue weighted by atomic mass is 19.1. The van der Waals surface area contributed by atoms with Crippen LogP contribution in [0.25, 0.3) is 11.0 Å². The van der Waals surface area contributed by atoms with Gasteiger partial charge in [0.1, 0.15) is 17.4 Å². The lowest BCUT2D eigenvalue weighted by molar-refractivity contribution is -0.131. The summed E-state index contributed by atoms with van der Waals surface area (Å²) in [6.45, 7) is 0.713. The van der Waals surface area contributed by atoms with Crippen molar-refractivity contribution in [2.24, 2.45) is 0 Å². The molecule has 0 radical (unpaired) electrons. The van der Waals surface area contributed by atoms with Crippen LogP contribution in [0.2, 0.25) is 0 Å². The van der Waals surface area contributed by atoms with E-state index in [1.807, 2.05) is 29.2 Å². The number of fused-ring (bicyclic) bond motifs is 1. The van der Waals surface area contributed by atoms with Crippen molar-refractivity contribution < 1.29 is 13.9 Å². The molecule has 26 heavy (non-hydrogen) atoms. The van der Waals surface area contributed by atoms with Gasteiger partial charge >= 0.3 is 0 Å². The third-order valence-corrected chi connectivity index (χ3v) is 4.87. The minimum Gasteiger partial charge on any atom is -0.497 e. The molecule has 6 heteroatoms. The van der Waals surface area contributed by atoms with Gasteiger partial charge in [0.25, 0.3) is 0 Å². The Labute approximate surface area is 150 Å². The zero-order valence-electron chi connectivity index (χ0n) is 14.5. The Morgan fingerprint density at radius 2 is 2.12 bits per heavy atom. The summed E-state index contributed by atoms with van der Waals surface area (Å²) in [5.74, 6) is 1.27. The van der Waals surface area contributed by atoms with Crippen LogP contribution in [-0.2, 0) is 11.2 Å². The highest BCUT2D eigenvalue weighted by molar-refractivity contribution is 5.80. The van der Waals surface area contributed by atoms with Crippen LogP contribution >= 0.6 is 0 Å². The van der Waals surface area contributed by atoms with Gasteiger partial charge in [-0.3, -0.25) is 4.79 Å². The number of imidazole rings is 1. The zero-order valence-corrected chi connectivity index (χ0v) is 14.5. The molecule has 1 saturated heterocycles. The lowest BCUT2D eigenvalue weighted by atomic mass is 10.1. The molecule has 0 bridgehead atoms. The quantitative estimate of drug-likeness (QED) is 0.779. The average Bonchev–Trinajstić information content (AvgIpc) is 3.28. The Bertz CT molecular complexity index is 936. The molecule has 1 aliphatic rings. The van der Waals surface area contributed by atoms with Gasteiger partial charge in [0.2, 0.25) is 5.91 Å². The van der Waals surface area contributed by atoms with Crippen LogP contribution in [-0.4, -0.2) is 34.4 Å². The Morgan fingerprint density at radius 3 is 2.88 bits per heavy atom. The van der Waals surface area contributed by atoms with Crippen LogP contribution in [0.3, 0.4) is 0 Å². The monoisotopic (exact) mass is 353 g/mol. The normalized spacial score (nSPS) is 17.0. The number of nitrogens with one attached hydrogen (secondary N) is 1. The van der Waals surface area contributed by atoms with Crippen molar-refractivity contribution in [1.82, 2.24) is 14.9 Å². The topological polar surface area (TPSA) is 58.2 Å². The van der Waals surface area contributed by atoms with E-state index >= 15 is 0 Å². The molecule has 1 aliphatic heterocycles.